The van der Waals surface area contributed by atoms with E-state index in [2.05, 4.69) is 10.00 Å². The number of piperazine rings is 1. The maximum absolute atomic E-state index is 13.0. The lowest BCUT2D eigenvalue weighted by Gasteiger charge is -2.36. The first-order valence-electron chi connectivity index (χ1n) is 9.73. The second-order valence-corrected chi connectivity index (χ2v) is 8.57. The topological polar surface area (TPSA) is 44.6 Å². The molecule has 0 bridgehead atoms. The number of amides is 1. The van der Waals surface area contributed by atoms with Gasteiger partial charge in [-0.1, -0.05) is 23.2 Å². The maximum Gasteiger partial charge on any atom is 0.436 e. The summed E-state index contributed by atoms with van der Waals surface area (Å²) in [6.45, 7) is 4.01. The van der Waals surface area contributed by atoms with Crippen LogP contribution in [-0.4, -0.2) is 65.8 Å². The zero-order valence-electron chi connectivity index (χ0n) is 17.5. The van der Waals surface area contributed by atoms with Gasteiger partial charge >= 0.3 is 6.18 Å². The molecule has 0 unspecified atom stereocenters. The summed E-state index contributed by atoms with van der Waals surface area (Å²) < 4.78 is 40.0. The normalized spacial score (nSPS) is 15.1. The molecular formula is C20H24Cl2F3N5O. The lowest BCUT2D eigenvalue weighted by atomic mass is 10.1. The van der Waals surface area contributed by atoms with Crippen LogP contribution in [0.3, 0.4) is 0 Å². The van der Waals surface area contributed by atoms with Crippen LogP contribution < -0.4 is 4.90 Å². The number of halogens is 5. The molecule has 2 heterocycles. The first kappa shape index (κ1) is 23.7. The van der Waals surface area contributed by atoms with E-state index in [0.29, 0.717) is 31.2 Å². The van der Waals surface area contributed by atoms with Gasteiger partial charge < -0.3 is 14.7 Å². The van der Waals surface area contributed by atoms with Crippen molar-refractivity contribution in [1.82, 2.24) is 19.6 Å². The van der Waals surface area contributed by atoms with Crippen molar-refractivity contribution in [3.8, 4) is 0 Å². The molecule has 1 saturated heterocycles. The first-order valence-corrected chi connectivity index (χ1v) is 10.5. The Morgan fingerprint density at radius 3 is 2.35 bits per heavy atom. The Balaban J connectivity index is 1.63. The van der Waals surface area contributed by atoms with Crippen LogP contribution in [-0.2, 0) is 24.1 Å². The Hall–Kier alpha value is -1.97. The van der Waals surface area contributed by atoms with Gasteiger partial charge in [-0.05, 0) is 44.8 Å². The highest BCUT2D eigenvalue weighted by atomic mass is 35.5. The predicted octanol–water partition coefficient (Wildman–Crippen LogP) is 3.93. The van der Waals surface area contributed by atoms with Gasteiger partial charge in [-0.25, -0.2) is 0 Å². The number of hydrogen-bond acceptors (Lipinski definition) is 4. The fourth-order valence-corrected chi connectivity index (χ4v) is 3.94. The Labute approximate surface area is 189 Å². The Kier molecular flexibility index (Phi) is 7.08. The van der Waals surface area contributed by atoms with Crippen LogP contribution >= 0.6 is 23.2 Å². The molecule has 0 spiro atoms. The molecule has 1 aromatic carbocycles. The summed E-state index contributed by atoms with van der Waals surface area (Å²) in [6, 6.07) is 5.87. The zero-order valence-corrected chi connectivity index (χ0v) is 19.0. The van der Waals surface area contributed by atoms with E-state index < -0.39 is 16.9 Å². The van der Waals surface area contributed by atoms with Crippen molar-refractivity contribution in [1.29, 1.82) is 0 Å². The van der Waals surface area contributed by atoms with Crippen molar-refractivity contribution in [2.45, 2.75) is 26.2 Å². The number of nitrogens with zero attached hydrogens (tertiary/aromatic N) is 5. The summed E-state index contributed by atoms with van der Waals surface area (Å²) in [6.07, 6.45) is -4.66. The van der Waals surface area contributed by atoms with Gasteiger partial charge in [0.15, 0.2) is 5.69 Å². The predicted molar refractivity (Wildman–Crippen MR) is 115 cm³/mol. The van der Waals surface area contributed by atoms with Gasteiger partial charge in [-0.2, -0.15) is 18.3 Å². The molecule has 0 atom stereocenters. The summed E-state index contributed by atoms with van der Waals surface area (Å²) >= 11 is 12.1. The van der Waals surface area contributed by atoms with Crippen molar-refractivity contribution in [2.75, 3.05) is 45.2 Å². The molecule has 6 nitrogen and oxygen atoms in total. The van der Waals surface area contributed by atoms with Crippen molar-refractivity contribution in [3.05, 3.63) is 45.2 Å². The first-order chi connectivity index (χ1) is 14.5. The SMILES string of the molecule is Cc1c(Cl)c(C(F)(F)F)nn1CC(=O)N1CCN(c2ccc(Cl)c(CN(C)C)c2)CC1. The molecule has 0 saturated carbocycles. The highest BCUT2D eigenvalue weighted by molar-refractivity contribution is 6.32. The minimum atomic E-state index is -4.66. The molecule has 0 N–H and O–H groups in total. The number of rotatable bonds is 5. The molecule has 1 amide bonds. The number of carbonyl (C=O) groups excluding carboxylic acids is 1. The molecule has 2 aromatic rings. The monoisotopic (exact) mass is 477 g/mol. The van der Waals surface area contributed by atoms with Crippen LogP contribution in [0, 0.1) is 6.92 Å². The molecule has 170 valence electrons. The maximum atomic E-state index is 13.0. The van der Waals surface area contributed by atoms with Crippen molar-refractivity contribution in [3.63, 3.8) is 0 Å². The van der Waals surface area contributed by atoms with Crippen LogP contribution in [0.4, 0.5) is 18.9 Å². The molecule has 0 radical (unpaired) electrons. The van der Waals surface area contributed by atoms with Crippen LogP contribution in [0.25, 0.3) is 0 Å². The van der Waals surface area contributed by atoms with Gasteiger partial charge in [-0.3, -0.25) is 9.48 Å². The summed E-state index contributed by atoms with van der Waals surface area (Å²) in [4.78, 5) is 18.5. The molecule has 1 aliphatic heterocycles. The lowest BCUT2D eigenvalue weighted by molar-refractivity contribution is -0.142. The van der Waals surface area contributed by atoms with E-state index in [1.165, 1.54) is 6.92 Å². The minimum Gasteiger partial charge on any atom is -0.368 e. The molecule has 31 heavy (non-hydrogen) atoms. The van der Waals surface area contributed by atoms with E-state index in [0.717, 1.165) is 22.5 Å². The smallest absolute Gasteiger partial charge is 0.368 e. The van der Waals surface area contributed by atoms with E-state index >= 15 is 0 Å². The third kappa shape index (κ3) is 5.45. The highest BCUT2D eigenvalue weighted by Gasteiger charge is 2.38. The highest BCUT2D eigenvalue weighted by Crippen LogP contribution is 2.35. The number of aromatic nitrogens is 2. The number of benzene rings is 1. The van der Waals surface area contributed by atoms with Gasteiger partial charge in [0.05, 0.1) is 10.7 Å². The minimum absolute atomic E-state index is 0.121. The van der Waals surface area contributed by atoms with Crippen molar-refractivity contribution < 1.29 is 18.0 Å². The van der Waals surface area contributed by atoms with E-state index in [4.69, 9.17) is 23.2 Å². The zero-order chi connectivity index (χ0) is 22.9. The van der Waals surface area contributed by atoms with Gasteiger partial charge in [0.2, 0.25) is 5.91 Å². The molecule has 0 aliphatic carbocycles. The van der Waals surface area contributed by atoms with E-state index in [1.54, 1.807) is 4.90 Å². The third-order valence-electron chi connectivity index (χ3n) is 5.20. The summed E-state index contributed by atoms with van der Waals surface area (Å²) in [5.74, 6) is -0.292. The number of anilines is 1. The number of carbonyl (C=O) groups is 1. The molecule has 3 rings (SSSR count). The molecular weight excluding hydrogens is 454 g/mol. The molecule has 1 aromatic heterocycles. The van der Waals surface area contributed by atoms with Crippen LogP contribution in [0.2, 0.25) is 10.0 Å². The molecule has 11 heteroatoms. The third-order valence-corrected chi connectivity index (χ3v) is 6.02. The van der Waals surface area contributed by atoms with E-state index in [1.807, 2.05) is 37.2 Å². The lowest BCUT2D eigenvalue weighted by Crippen LogP contribution is -2.49. The van der Waals surface area contributed by atoms with Crippen LogP contribution in [0.5, 0.6) is 0 Å². The Morgan fingerprint density at radius 2 is 1.81 bits per heavy atom. The largest absolute Gasteiger partial charge is 0.436 e. The van der Waals surface area contributed by atoms with Gasteiger partial charge in [0.25, 0.3) is 0 Å². The van der Waals surface area contributed by atoms with Gasteiger partial charge in [0.1, 0.15) is 6.54 Å². The van der Waals surface area contributed by atoms with E-state index in [9.17, 15) is 18.0 Å². The van der Waals surface area contributed by atoms with E-state index in [-0.39, 0.29) is 18.1 Å². The standard InChI is InChI=1S/C20H24Cl2F3N5O/c1-13-18(22)19(20(23,24)25)26-30(13)12-17(31)29-8-6-28(7-9-29)15-4-5-16(21)14(10-15)11-27(2)3/h4-5,10H,6-9,11-12H2,1-3H3. The second kappa shape index (κ2) is 9.26. The average molecular weight is 478 g/mol. The fourth-order valence-electron chi connectivity index (χ4n) is 3.52. The number of alkyl halides is 3. The van der Waals surface area contributed by atoms with Crippen molar-refractivity contribution in [2.24, 2.45) is 0 Å². The van der Waals surface area contributed by atoms with Gasteiger partial charge in [0, 0.05) is 43.4 Å². The number of hydrogen-bond donors (Lipinski definition) is 0. The Bertz CT molecular complexity index is 953. The fraction of sp³-hybridized carbons (Fsp3) is 0.500. The average Bonchev–Trinajstić information content (AvgIpc) is 2.98. The summed E-state index contributed by atoms with van der Waals surface area (Å²) in [5, 5.41) is 3.74. The summed E-state index contributed by atoms with van der Waals surface area (Å²) in [7, 11) is 3.94. The second-order valence-electron chi connectivity index (χ2n) is 7.78. The molecule has 1 aliphatic rings. The van der Waals surface area contributed by atoms with Gasteiger partial charge in [-0.15, -0.1) is 0 Å². The molecule has 1 fully saturated rings. The van der Waals surface area contributed by atoms with Crippen LogP contribution in [0.15, 0.2) is 18.2 Å². The quantitative estimate of drug-likeness (QED) is 0.654. The van der Waals surface area contributed by atoms with Crippen molar-refractivity contribution >= 4 is 34.8 Å². The summed E-state index contributed by atoms with van der Waals surface area (Å²) in [5.41, 5.74) is 1.00. The van der Waals surface area contributed by atoms with Crippen LogP contribution in [0.1, 0.15) is 17.0 Å². The Morgan fingerprint density at radius 1 is 1.16 bits per heavy atom.